The van der Waals surface area contributed by atoms with Crippen molar-refractivity contribution in [3.05, 3.63) is 35.9 Å². The molecule has 1 unspecified atom stereocenters. The molecule has 2 N–H and O–H groups in total. The molecule has 1 aliphatic rings. The Kier molecular flexibility index (Phi) is 8.26. The Hall–Kier alpha value is -3.10. The minimum Gasteiger partial charge on any atom is -0.465 e. The Bertz CT molecular complexity index is 694. The number of ether oxygens (including phenoxy) is 2. The second kappa shape index (κ2) is 10.9. The summed E-state index contributed by atoms with van der Waals surface area (Å²) in [5, 5.41) is 4.84. The van der Waals surface area contributed by atoms with Gasteiger partial charge in [0.2, 0.25) is 11.8 Å². The molecule has 1 heterocycles. The van der Waals surface area contributed by atoms with Crippen LogP contribution in [0.25, 0.3) is 0 Å². The fourth-order valence-electron chi connectivity index (χ4n) is 2.79. The molecule has 1 atom stereocenters. The number of benzene rings is 1. The van der Waals surface area contributed by atoms with E-state index >= 15 is 0 Å². The summed E-state index contributed by atoms with van der Waals surface area (Å²) in [7, 11) is 0. The van der Waals surface area contributed by atoms with Crippen molar-refractivity contribution in [3.63, 3.8) is 0 Å². The molecular weight excluding hydrogens is 366 g/mol. The fourth-order valence-corrected chi connectivity index (χ4v) is 2.79. The van der Waals surface area contributed by atoms with E-state index in [1.807, 2.05) is 30.3 Å². The molecular formula is C19H25N3O6. The predicted octanol–water partition coefficient (Wildman–Crippen LogP) is 0.583. The van der Waals surface area contributed by atoms with Gasteiger partial charge in [-0.25, -0.2) is 4.79 Å². The third-order valence-corrected chi connectivity index (χ3v) is 4.15. The van der Waals surface area contributed by atoms with Crippen LogP contribution in [-0.2, 0) is 30.5 Å². The van der Waals surface area contributed by atoms with Crippen molar-refractivity contribution >= 4 is 23.9 Å². The lowest BCUT2D eigenvalue weighted by atomic mass is 10.2. The minimum atomic E-state index is -0.680. The van der Waals surface area contributed by atoms with Crippen LogP contribution in [0.4, 0.5) is 4.79 Å². The molecule has 2 rings (SSSR count). The second-order valence-electron chi connectivity index (χ2n) is 6.19. The van der Waals surface area contributed by atoms with Gasteiger partial charge in [0, 0.05) is 6.54 Å². The molecule has 0 saturated carbocycles. The molecule has 3 amide bonds. The number of hydrogen-bond donors (Lipinski definition) is 2. The van der Waals surface area contributed by atoms with E-state index in [0.29, 0.717) is 19.4 Å². The molecule has 1 aromatic rings. The lowest BCUT2D eigenvalue weighted by Crippen LogP contribution is -2.48. The first-order valence-corrected chi connectivity index (χ1v) is 9.18. The van der Waals surface area contributed by atoms with Gasteiger partial charge in [-0.1, -0.05) is 30.3 Å². The first kappa shape index (κ1) is 21.2. The summed E-state index contributed by atoms with van der Waals surface area (Å²) < 4.78 is 9.98. The van der Waals surface area contributed by atoms with Gasteiger partial charge in [0.15, 0.2) is 0 Å². The maximum absolute atomic E-state index is 12.3. The normalized spacial score (nSPS) is 15.6. The lowest BCUT2D eigenvalue weighted by Gasteiger charge is -2.23. The Morgan fingerprint density at radius 1 is 1.07 bits per heavy atom. The van der Waals surface area contributed by atoms with E-state index in [1.54, 1.807) is 6.92 Å². The number of likely N-dealkylation sites (tertiary alicyclic amines) is 1. The van der Waals surface area contributed by atoms with Crippen LogP contribution in [0.1, 0.15) is 25.3 Å². The smallest absolute Gasteiger partial charge is 0.410 e. The number of amides is 3. The number of carbonyl (C=O) groups excluding carboxylic acids is 4. The standard InChI is InChI=1S/C19H25N3O6/c1-2-27-17(24)12-20-16(23)11-21-18(25)15-9-6-10-22(15)19(26)28-13-14-7-4-3-5-8-14/h3-5,7-8,15H,2,6,9-13H2,1H3,(H,20,23)(H,21,25). The van der Waals surface area contributed by atoms with Crippen LogP contribution in [0.3, 0.4) is 0 Å². The zero-order valence-electron chi connectivity index (χ0n) is 15.8. The van der Waals surface area contributed by atoms with Gasteiger partial charge in [-0.05, 0) is 25.3 Å². The highest BCUT2D eigenvalue weighted by Crippen LogP contribution is 2.19. The van der Waals surface area contributed by atoms with E-state index in [1.165, 1.54) is 4.90 Å². The van der Waals surface area contributed by atoms with E-state index in [0.717, 1.165) is 5.56 Å². The molecule has 0 bridgehead atoms. The Morgan fingerprint density at radius 2 is 1.82 bits per heavy atom. The van der Waals surface area contributed by atoms with E-state index < -0.39 is 29.9 Å². The van der Waals surface area contributed by atoms with Crippen molar-refractivity contribution in [2.24, 2.45) is 0 Å². The van der Waals surface area contributed by atoms with Gasteiger partial charge in [0.05, 0.1) is 13.2 Å². The van der Waals surface area contributed by atoms with E-state index in [2.05, 4.69) is 10.6 Å². The molecule has 0 aromatic heterocycles. The molecule has 1 aromatic carbocycles. The number of nitrogens with one attached hydrogen (secondary N) is 2. The van der Waals surface area contributed by atoms with E-state index in [4.69, 9.17) is 9.47 Å². The average Bonchev–Trinajstić information content (AvgIpc) is 3.20. The Morgan fingerprint density at radius 3 is 2.54 bits per heavy atom. The summed E-state index contributed by atoms with van der Waals surface area (Å²) in [5.74, 6) is -1.50. The highest BCUT2D eigenvalue weighted by Gasteiger charge is 2.35. The van der Waals surface area contributed by atoms with Crippen LogP contribution in [0, 0.1) is 0 Å². The summed E-state index contributed by atoms with van der Waals surface area (Å²) in [5.41, 5.74) is 0.856. The zero-order valence-corrected chi connectivity index (χ0v) is 15.8. The SMILES string of the molecule is CCOC(=O)CNC(=O)CNC(=O)C1CCCN1C(=O)OCc1ccccc1. The number of hydrogen-bond acceptors (Lipinski definition) is 6. The molecule has 0 aliphatic carbocycles. The van der Waals surface area contributed by atoms with E-state index in [-0.39, 0.29) is 26.3 Å². The van der Waals surface area contributed by atoms with Crippen molar-refractivity contribution < 1.29 is 28.7 Å². The van der Waals surface area contributed by atoms with Gasteiger partial charge in [0.25, 0.3) is 0 Å². The van der Waals surface area contributed by atoms with Gasteiger partial charge < -0.3 is 20.1 Å². The lowest BCUT2D eigenvalue weighted by molar-refractivity contribution is -0.143. The van der Waals surface area contributed by atoms with Crippen LogP contribution < -0.4 is 10.6 Å². The molecule has 0 spiro atoms. The van der Waals surface area contributed by atoms with Crippen LogP contribution in [0.2, 0.25) is 0 Å². The summed E-state index contributed by atoms with van der Waals surface area (Å²) in [4.78, 5) is 48.9. The molecule has 152 valence electrons. The third kappa shape index (κ3) is 6.57. The van der Waals surface area contributed by atoms with Gasteiger partial charge in [0.1, 0.15) is 19.2 Å². The Balaban J connectivity index is 1.76. The van der Waals surface area contributed by atoms with Crippen LogP contribution >= 0.6 is 0 Å². The summed E-state index contributed by atoms with van der Waals surface area (Å²) >= 11 is 0. The van der Waals surface area contributed by atoms with Gasteiger partial charge in [-0.15, -0.1) is 0 Å². The van der Waals surface area contributed by atoms with Crippen molar-refractivity contribution in [2.75, 3.05) is 26.2 Å². The summed E-state index contributed by atoms with van der Waals surface area (Å²) in [6.07, 6.45) is 0.609. The van der Waals surface area contributed by atoms with Gasteiger partial charge in [-0.2, -0.15) is 0 Å². The molecule has 9 heteroatoms. The first-order valence-electron chi connectivity index (χ1n) is 9.18. The topological polar surface area (TPSA) is 114 Å². The highest BCUT2D eigenvalue weighted by molar-refractivity contribution is 5.90. The van der Waals surface area contributed by atoms with Crippen LogP contribution in [0.15, 0.2) is 30.3 Å². The largest absolute Gasteiger partial charge is 0.465 e. The number of rotatable bonds is 8. The monoisotopic (exact) mass is 391 g/mol. The highest BCUT2D eigenvalue weighted by atomic mass is 16.6. The third-order valence-electron chi connectivity index (χ3n) is 4.15. The van der Waals surface area contributed by atoms with Crippen molar-refractivity contribution in [3.8, 4) is 0 Å². The zero-order chi connectivity index (χ0) is 20.4. The number of nitrogens with zero attached hydrogens (tertiary/aromatic N) is 1. The first-order chi connectivity index (χ1) is 13.5. The molecule has 9 nitrogen and oxygen atoms in total. The second-order valence-corrected chi connectivity index (χ2v) is 6.19. The van der Waals surface area contributed by atoms with Crippen molar-refractivity contribution in [1.82, 2.24) is 15.5 Å². The van der Waals surface area contributed by atoms with Gasteiger partial charge >= 0.3 is 12.1 Å². The van der Waals surface area contributed by atoms with Crippen molar-refractivity contribution in [1.29, 1.82) is 0 Å². The maximum Gasteiger partial charge on any atom is 0.410 e. The summed E-state index contributed by atoms with van der Waals surface area (Å²) in [6, 6.07) is 8.58. The molecule has 1 fully saturated rings. The average molecular weight is 391 g/mol. The van der Waals surface area contributed by atoms with Crippen LogP contribution in [0.5, 0.6) is 0 Å². The van der Waals surface area contributed by atoms with Crippen LogP contribution in [-0.4, -0.2) is 61.1 Å². The fraction of sp³-hybridized carbons (Fsp3) is 0.474. The molecule has 1 aliphatic heterocycles. The maximum atomic E-state index is 12.3. The summed E-state index contributed by atoms with van der Waals surface area (Å²) in [6.45, 7) is 1.88. The predicted molar refractivity (Wildman–Crippen MR) is 99.0 cm³/mol. The van der Waals surface area contributed by atoms with Gasteiger partial charge in [-0.3, -0.25) is 19.3 Å². The number of carbonyl (C=O) groups is 4. The molecule has 28 heavy (non-hydrogen) atoms. The molecule has 0 radical (unpaired) electrons. The quantitative estimate of drug-likeness (QED) is 0.627. The molecule has 1 saturated heterocycles. The van der Waals surface area contributed by atoms with Crippen molar-refractivity contribution in [2.45, 2.75) is 32.4 Å². The number of esters is 1. The van der Waals surface area contributed by atoms with E-state index in [9.17, 15) is 19.2 Å². The Labute approximate surface area is 163 Å². The minimum absolute atomic E-state index is 0.126.